The quantitative estimate of drug-likeness (QED) is 0.292. The highest BCUT2D eigenvalue weighted by molar-refractivity contribution is 7.79. The zero-order chi connectivity index (χ0) is 28.8. The van der Waals surface area contributed by atoms with Crippen molar-refractivity contribution in [2.45, 2.75) is 55.8 Å². The van der Waals surface area contributed by atoms with Crippen LogP contribution in [0.3, 0.4) is 0 Å². The van der Waals surface area contributed by atoms with Gasteiger partial charge in [0, 0.05) is 23.0 Å². The Morgan fingerprint density at radius 3 is 2.05 bits per heavy atom. The second kappa shape index (κ2) is 12.8. The van der Waals surface area contributed by atoms with Crippen LogP contribution in [0.25, 0.3) is 0 Å². The number of nitrogens with zero attached hydrogens (tertiary/aromatic N) is 1. The summed E-state index contributed by atoms with van der Waals surface area (Å²) in [6, 6.07) is 9.44. The van der Waals surface area contributed by atoms with Gasteiger partial charge in [-0.15, -0.1) is 0 Å². The van der Waals surface area contributed by atoms with E-state index in [2.05, 4.69) is 10.1 Å². The number of carbonyl (C=O) groups is 1. The summed E-state index contributed by atoms with van der Waals surface area (Å²) in [5, 5.41) is 1.71. The molecular weight excluding hydrogens is 550 g/mol. The summed E-state index contributed by atoms with van der Waals surface area (Å²) in [6.07, 6.45) is -9.12. The summed E-state index contributed by atoms with van der Waals surface area (Å²) in [7, 11) is 0. The van der Waals surface area contributed by atoms with Gasteiger partial charge < -0.3 is 19.5 Å². The molecule has 1 aliphatic rings. The molecule has 2 aromatic rings. The van der Waals surface area contributed by atoms with Crippen LogP contribution in [-0.4, -0.2) is 58.2 Å². The van der Waals surface area contributed by atoms with Crippen molar-refractivity contribution < 1.29 is 44.6 Å². The van der Waals surface area contributed by atoms with Crippen molar-refractivity contribution in [3.8, 4) is 0 Å². The Morgan fingerprint density at radius 1 is 0.974 bits per heavy atom. The topological polar surface area (TPSA) is 81.7 Å². The number of nitrogens with one attached hydrogen (secondary N) is 1. The number of benzene rings is 2. The third-order valence-corrected chi connectivity index (χ3v) is 7.50. The number of likely N-dealkylation sites (tertiary alicyclic amines) is 1. The van der Waals surface area contributed by atoms with Gasteiger partial charge in [0.05, 0.1) is 13.0 Å². The van der Waals surface area contributed by atoms with Crippen molar-refractivity contribution >= 4 is 22.7 Å². The zero-order valence-corrected chi connectivity index (χ0v) is 21.9. The molecule has 2 aromatic carbocycles. The van der Waals surface area contributed by atoms with Crippen molar-refractivity contribution in [1.29, 1.82) is 0 Å². The van der Waals surface area contributed by atoms with Gasteiger partial charge in [-0.1, -0.05) is 42.8 Å². The van der Waals surface area contributed by atoms with Crippen LogP contribution in [0, 0.1) is 0 Å². The lowest BCUT2D eigenvalue weighted by atomic mass is 9.91. The maximum Gasteiger partial charge on any atom is 0.430 e. The molecule has 0 aliphatic carbocycles. The van der Waals surface area contributed by atoms with Gasteiger partial charge in [-0.05, 0) is 67.2 Å². The Balaban J connectivity index is 1.72. The number of carbonyl (C=O) groups excluding carboxylic acids is 1. The summed E-state index contributed by atoms with van der Waals surface area (Å²) in [6.45, 7) is 1.86. The molecule has 1 N–H and O–H groups in total. The molecule has 1 aliphatic heterocycles. The predicted molar refractivity (Wildman–Crippen MR) is 133 cm³/mol. The van der Waals surface area contributed by atoms with Gasteiger partial charge in [0.1, 0.15) is 0 Å². The standard InChI is InChI=1S/C26H30F6N2O4S/c1-18(39(36)37)20-7-5-19(6-8-20)17-23(35)33-22-11-9-21(10-12-22)24(25(27,28)29,26(30,31)32)38-16-15-34-13-3-2-4-14-34/h5-12,18H,2-4,13-17H2,1H3,(H,33,35)(H,36,37)/p-1. The second-order valence-electron chi connectivity index (χ2n) is 9.37. The lowest BCUT2D eigenvalue weighted by Crippen LogP contribution is -2.56. The molecule has 6 nitrogen and oxygen atoms in total. The number of piperidine rings is 1. The Morgan fingerprint density at radius 2 is 1.54 bits per heavy atom. The smallest absolute Gasteiger partial charge is 0.430 e. The van der Waals surface area contributed by atoms with E-state index in [9.17, 15) is 39.9 Å². The van der Waals surface area contributed by atoms with E-state index in [1.165, 1.54) is 6.92 Å². The third kappa shape index (κ3) is 7.59. The highest BCUT2D eigenvalue weighted by atomic mass is 32.2. The number of ether oxygens (including phenoxy) is 1. The van der Waals surface area contributed by atoms with Crippen LogP contribution in [-0.2, 0) is 32.6 Å². The molecule has 0 aromatic heterocycles. The average molecular weight is 580 g/mol. The Kier molecular flexibility index (Phi) is 10.2. The largest absolute Gasteiger partial charge is 0.772 e. The summed E-state index contributed by atoms with van der Waals surface area (Å²) in [5.41, 5.74) is -4.60. The van der Waals surface area contributed by atoms with Crippen molar-refractivity contribution in [3.63, 3.8) is 0 Å². The monoisotopic (exact) mass is 579 g/mol. The number of alkyl halides is 6. The number of hydrogen-bond acceptors (Lipinski definition) is 5. The van der Waals surface area contributed by atoms with Crippen molar-refractivity contribution in [1.82, 2.24) is 4.90 Å². The summed E-state index contributed by atoms with van der Waals surface area (Å²) < 4.78 is 111. The molecule has 2 unspecified atom stereocenters. The average Bonchev–Trinajstić information content (AvgIpc) is 2.86. The Bertz CT molecular complexity index is 1100. The van der Waals surface area contributed by atoms with Gasteiger partial charge in [0.25, 0.3) is 5.60 Å². The first-order chi connectivity index (χ1) is 18.2. The Labute approximate surface area is 225 Å². The van der Waals surface area contributed by atoms with Crippen LogP contribution < -0.4 is 5.32 Å². The summed E-state index contributed by atoms with van der Waals surface area (Å²) >= 11 is -2.31. The van der Waals surface area contributed by atoms with Crippen LogP contribution in [0.15, 0.2) is 48.5 Å². The van der Waals surface area contributed by atoms with Crippen LogP contribution in [0.5, 0.6) is 0 Å². The molecule has 1 saturated heterocycles. The minimum atomic E-state index is -5.79. The first kappa shape index (κ1) is 31.1. The SMILES string of the molecule is CC(c1ccc(CC(=O)Nc2ccc(C(OCCN3CCCCC3)(C(F)(F)F)C(F)(F)F)cc2)cc1)S(=O)[O-]. The molecule has 39 heavy (non-hydrogen) atoms. The molecule has 0 saturated carbocycles. The molecule has 1 amide bonds. The lowest BCUT2D eigenvalue weighted by molar-refractivity contribution is -0.389. The zero-order valence-electron chi connectivity index (χ0n) is 21.1. The normalized spacial score (nSPS) is 17.0. The second-order valence-corrected chi connectivity index (χ2v) is 10.6. The maximum absolute atomic E-state index is 14.0. The van der Waals surface area contributed by atoms with Gasteiger partial charge in [0.2, 0.25) is 5.91 Å². The van der Waals surface area contributed by atoms with E-state index in [0.717, 1.165) is 31.4 Å². The van der Waals surface area contributed by atoms with E-state index in [1.54, 1.807) is 29.2 Å². The Hall–Kier alpha value is -2.48. The van der Waals surface area contributed by atoms with Gasteiger partial charge in [-0.2, -0.15) is 26.3 Å². The van der Waals surface area contributed by atoms with Crippen molar-refractivity contribution in [3.05, 3.63) is 65.2 Å². The van der Waals surface area contributed by atoms with Crippen LogP contribution in [0.1, 0.15) is 48.1 Å². The van der Waals surface area contributed by atoms with Gasteiger partial charge in [-0.25, -0.2) is 0 Å². The van der Waals surface area contributed by atoms with E-state index < -0.39 is 52.4 Å². The fraction of sp³-hybridized carbons (Fsp3) is 0.500. The molecule has 0 radical (unpaired) electrons. The first-order valence-electron chi connectivity index (χ1n) is 12.3. The molecule has 2 atom stereocenters. The van der Waals surface area contributed by atoms with Crippen molar-refractivity contribution in [2.24, 2.45) is 0 Å². The van der Waals surface area contributed by atoms with Crippen LogP contribution in [0.4, 0.5) is 32.0 Å². The van der Waals surface area contributed by atoms with E-state index >= 15 is 0 Å². The number of rotatable bonds is 10. The molecule has 216 valence electrons. The van der Waals surface area contributed by atoms with Gasteiger partial charge in [-0.3, -0.25) is 9.00 Å². The minimum Gasteiger partial charge on any atom is -0.772 e. The third-order valence-electron chi connectivity index (χ3n) is 6.65. The van der Waals surface area contributed by atoms with Crippen molar-refractivity contribution in [2.75, 3.05) is 31.6 Å². The van der Waals surface area contributed by atoms with E-state index in [1.807, 2.05) is 0 Å². The van der Waals surface area contributed by atoms with E-state index in [0.29, 0.717) is 36.3 Å². The fourth-order valence-electron chi connectivity index (χ4n) is 4.44. The highest BCUT2D eigenvalue weighted by Gasteiger charge is 2.73. The molecule has 3 rings (SSSR count). The molecule has 13 heteroatoms. The number of anilines is 1. The highest BCUT2D eigenvalue weighted by Crippen LogP contribution is 2.53. The van der Waals surface area contributed by atoms with Crippen LogP contribution >= 0.6 is 0 Å². The molecule has 0 spiro atoms. The van der Waals surface area contributed by atoms with E-state index in [4.69, 9.17) is 0 Å². The van der Waals surface area contributed by atoms with Gasteiger partial charge in [0.15, 0.2) is 0 Å². The molecule has 0 bridgehead atoms. The van der Waals surface area contributed by atoms with Gasteiger partial charge >= 0.3 is 12.4 Å². The summed E-state index contributed by atoms with van der Waals surface area (Å²) in [4.78, 5) is 14.2. The predicted octanol–water partition coefficient (Wildman–Crippen LogP) is 5.63. The molecule has 1 heterocycles. The fourth-order valence-corrected chi connectivity index (χ4v) is 4.82. The number of hydrogen-bond donors (Lipinski definition) is 1. The van der Waals surface area contributed by atoms with E-state index in [-0.39, 0.29) is 18.7 Å². The number of amides is 1. The maximum atomic E-state index is 14.0. The summed E-state index contributed by atoms with van der Waals surface area (Å²) in [5.74, 6) is -0.563. The molecular formula is C26H29F6N2O4S-. The lowest BCUT2D eigenvalue weighted by Gasteiger charge is -2.38. The molecule has 1 fully saturated rings. The van der Waals surface area contributed by atoms with Crippen LogP contribution in [0.2, 0.25) is 0 Å². The first-order valence-corrected chi connectivity index (χ1v) is 13.5. The number of halogens is 6. The minimum absolute atomic E-state index is 0.00214.